The summed E-state index contributed by atoms with van der Waals surface area (Å²) in [6, 6.07) is 5.10. The van der Waals surface area contributed by atoms with E-state index >= 15 is 0 Å². The molecule has 3 heteroatoms. The fourth-order valence-electron chi connectivity index (χ4n) is 2.14. The molecule has 0 saturated carbocycles. The summed E-state index contributed by atoms with van der Waals surface area (Å²) in [6.45, 7) is 6.82. The summed E-state index contributed by atoms with van der Waals surface area (Å²) in [6.07, 6.45) is 7.24. The average Bonchev–Trinajstić information content (AvgIpc) is 2.43. The quantitative estimate of drug-likeness (QED) is 0.604. The minimum atomic E-state index is -0.256. The Hall–Kier alpha value is -1.09. The molecule has 0 amide bonds. The molecule has 2 nitrogen and oxygen atoms in total. The maximum Gasteiger partial charge on any atom is 0.165 e. The van der Waals surface area contributed by atoms with Crippen molar-refractivity contribution in [3.8, 4) is 5.75 Å². The van der Waals surface area contributed by atoms with Crippen LogP contribution >= 0.6 is 0 Å². The normalized spacial score (nSPS) is 10.8. The Labute approximate surface area is 122 Å². The van der Waals surface area contributed by atoms with Gasteiger partial charge in [-0.25, -0.2) is 4.39 Å². The average molecular weight is 281 g/mol. The Balaban J connectivity index is 1.97. The maximum atomic E-state index is 13.5. The molecule has 0 atom stereocenters. The van der Waals surface area contributed by atoms with Crippen molar-refractivity contribution in [2.24, 2.45) is 0 Å². The molecule has 0 bridgehead atoms. The smallest absolute Gasteiger partial charge is 0.165 e. The van der Waals surface area contributed by atoms with Gasteiger partial charge >= 0.3 is 0 Å². The Bertz CT molecular complexity index is 368. The molecule has 1 aromatic rings. The maximum absolute atomic E-state index is 13.5. The molecule has 0 aliphatic carbocycles. The third-order valence-corrected chi connectivity index (χ3v) is 3.34. The molecule has 1 aromatic carbocycles. The van der Waals surface area contributed by atoms with Crippen LogP contribution in [0, 0.1) is 12.7 Å². The third kappa shape index (κ3) is 7.49. The van der Waals surface area contributed by atoms with Crippen LogP contribution in [-0.4, -0.2) is 19.7 Å². The second-order valence-electron chi connectivity index (χ2n) is 5.26. The fourth-order valence-corrected chi connectivity index (χ4v) is 2.14. The summed E-state index contributed by atoms with van der Waals surface area (Å²) < 4.78 is 19.0. The van der Waals surface area contributed by atoms with Crippen molar-refractivity contribution in [1.29, 1.82) is 0 Å². The molecule has 0 radical (unpaired) electrons. The molecule has 0 fully saturated rings. The second kappa shape index (κ2) is 10.7. The minimum Gasteiger partial charge on any atom is -0.491 e. The van der Waals surface area contributed by atoms with Crippen molar-refractivity contribution >= 4 is 0 Å². The number of nitrogens with one attached hydrogen (secondary N) is 1. The lowest BCUT2D eigenvalue weighted by Crippen LogP contribution is -2.13. The molecule has 0 aliphatic heterocycles. The summed E-state index contributed by atoms with van der Waals surface area (Å²) in [7, 11) is 0. The summed E-state index contributed by atoms with van der Waals surface area (Å²) in [4.78, 5) is 0. The predicted molar refractivity (Wildman–Crippen MR) is 82.9 cm³/mol. The van der Waals surface area contributed by atoms with Gasteiger partial charge in [-0.2, -0.15) is 0 Å². The summed E-state index contributed by atoms with van der Waals surface area (Å²) in [5.74, 6) is 0.120. The van der Waals surface area contributed by atoms with Gasteiger partial charge in [-0.3, -0.25) is 0 Å². The van der Waals surface area contributed by atoms with E-state index in [1.54, 1.807) is 6.07 Å². The first kappa shape index (κ1) is 17.0. The van der Waals surface area contributed by atoms with E-state index in [0.29, 0.717) is 12.4 Å². The zero-order valence-electron chi connectivity index (χ0n) is 12.9. The van der Waals surface area contributed by atoms with Crippen LogP contribution in [0.25, 0.3) is 0 Å². The molecule has 0 aliphatic rings. The SMILES string of the molecule is CCNCCCCCCCCOc1ccc(C)cc1F. The van der Waals surface area contributed by atoms with Crippen LogP contribution in [0.2, 0.25) is 0 Å². The van der Waals surface area contributed by atoms with Gasteiger partial charge in [-0.05, 0) is 50.6 Å². The number of aryl methyl sites for hydroxylation is 1. The van der Waals surface area contributed by atoms with E-state index in [4.69, 9.17) is 4.74 Å². The van der Waals surface area contributed by atoms with Crippen LogP contribution in [0.15, 0.2) is 18.2 Å². The summed E-state index contributed by atoms with van der Waals surface area (Å²) >= 11 is 0. The van der Waals surface area contributed by atoms with E-state index in [2.05, 4.69) is 12.2 Å². The van der Waals surface area contributed by atoms with Crippen molar-refractivity contribution in [2.75, 3.05) is 19.7 Å². The van der Waals surface area contributed by atoms with E-state index in [-0.39, 0.29) is 5.82 Å². The van der Waals surface area contributed by atoms with Crippen molar-refractivity contribution in [1.82, 2.24) is 5.32 Å². The van der Waals surface area contributed by atoms with Crippen molar-refractivity contribution in [2.45, 2.75) is 52.4 Å². The minimum absolute atomic E-state index is 0.256. The van der Waals surface area contributed by atoms with Gasteiger partial charge in [0.05, 0.1) is 6.61 Å². The summed E-state index contributed by atoms with van der Waals surface area (Å²) in [5.41, 5.74) is 0.924. The number of benzene rings is 1. The first-order valence-corrected chi connectivity index (χ1v) is 7.83. The number of hydrogen-bond donors (Lipinski definition) is 1. The molecule has 20 heavy (non-hydrogen) atoms. The van der Waals surface area contributed by atoms with Crippen LogP contribution in [0.1, 0.15) is 51.0 Å². The zero-order valence-corrected chi connectivity index (χ0v) is 12.9. The highest BCUT2D eigenvalue weighted by Gasteiger charge is 2.02. The lowest BCUT2D eigenvalue weighted by atomic mass is 10.1. The topological polar surface area (TPSA) is 21.3 Å². The van der Waals surface area contributed by atoms with Crippen LogP contribution in [-0.2, 0) is 0 Å². The van der Waals surface area contributed by atoms with Gasteiger partial charge in [0.1, 0.15) is 0 Å². The standard InChI is InChI=1S/C17H28FNO/c1-3-19-12-8-6-4-5-7-9-13-20-17-11-10-15(2)14-16(17)18/h10-11,14,19H,3-9,12-13H2,1-2H3. The fraction of sp³-hybridized carbons (Fsp3) is 0.647. The molecule has 0 saturated heterocycles. The van der Waals surface area contributed by atoms with Gasteiger partial charge in [-0.1, -0.05) is 38.7 Å². The third-order valence-electron chi connectivity index (χ3n) is 3.34. The van der Waals surface area contributed by atoms with Gasteiger partial charge < -0.3 is 10.1 Å². The van der Waals surface area contributed by atoms with Crippen LogP contribution in [0.3, 0.4) is 0 Å². The molecule has 0 aromatic heterocycles. The largest absolute Gasteiger partial charge is 0.491 e. The first-order chi connectivity index (χ1) is 9.74. The number of unbranched alkanes of at least 4 members (excludes halogenated alkanes) is 5. The Kier molecular flexibility index (Phi) is 9.05. The number of hydrogen-bond acceptors (Lipinski definition) is 2. The first-order valence-electron chi connectivity index (χ1n) is 7.83. The van der Waals surface area contributed by atoms with Crippen molar-refractivity contribution in [3.05, 3.63) is 29.6 Å². The molecule has 0 heterocycles. The van der Waals surface area contributed by atoms with E-state index < -0.39 is 0 Å². The van der Waals surface area contributed by atoms with E-state index in [0.717, 1.165) is 31.5 Å². The number of rotatable bonds is 11. The van der Waals surface area contributed by atoms with Gasteiger partial charge in [0.2, 0.25) is 0 Å². The predicted octanol–water partition coefficient (Wildman–Crippen LogP) is 4.46. The van der Waals surface area contributed by atoms with Gasteiger partial charge in [-0.15, -0.1) is 0 Å². The van der Waals surface area contributed by atoms with Crippen molar-refractivity contribution < 1.29 is 9.13 Å². The Morgan fingerprint density at radius 2 is 1.75 bits per heavy atom. The lowest BCUT2D eigenvalue weighted by Gasteiger charge is -2.07. The monoisotopic (exact) mass is 281 g/mol. The molecule has 1 N–H and O–H groups in total. The highest BCUT2D eigenvalue weighted by atomic mass is 19.1. The molecular weight excluding hydrogens is 253 g/mol. The van der Waals surface area contributed by atoms with Crippen LogP contribution in [0.4, 0.5) is 4.39 Å². The number of ether oxygens (including phenoxy) is 1. The van der Waals surface area contributed by atoms with Crippen LogP contribution < -0.4 is 10.1 Å². The Morgan fingerprint density at radius 3 is 2.45 bits per heavy atom. The molecular formula is C17H28FNO. The van der Waals surface area contributed by atoms with Gasteiger partial charge in [0, 0.05) is 0 Å². The highest BCUT2D eigenvalue weighted by Crippen LogP contribution is 2.18. The van der Waals surface area contributed by atoms with Crippen molar-refractivity contribution in [3.63, 3.8) is 0 Å². The molecule has 0 spiro atoms. The van der Waals surface area contributed by atoms with Crippen LogP contribution in [0.5, 0.6) is 5.75 Å². The Morgan fingerprint density at radius 1 is 1.05 bits per heavy atom. The van der Waals surface area contributed by atoms with Gasteiger partial charge in [0.25, 0.3) is 0 Å². The molecule has 114 valence electrons. The lowest BCUT2D eigenvalue weighted by molar-refractivity contribution is 0.290. The van der Waals surface area contributed by atoms with Gasteiger partial charge in [0.15, 0.2) is 11.6 Å². The summed E-state index contributed by atoms with van der Waals surface area (Å²) in [5, 5.41) is 3.33. The molecule has 1 rings (SSSR count). The second-order valence-corrected chi connectivity index (χ2v) is 5.26. The van der Waals surface area contributed by atoms with E-state index in [9.17, 15) is 4.39 Å². The highest BCUT2D eigenvalue weighted by molar-refractivity contribution is 5.28. The number of halogens is 1. The zero-order chi connectivity index (χ0) is 14.6. The van der Waals surface area contributed by atoms with E-state index in [1.165, 1.54) is 31.7 Å². The molecule has 0 unspecified atom stereocenters. The van der Waals surface area contributed by atoms with E-state index in [1.807, 2.05) is 13.0 Å².